The summed E-state index contributed by atoms with van der Waals surface area (Å²) in [6.45, 7) is 7.76. The Balaban J connectivity index is 2.27. The maximum Gasteiger partial charge on any atom is 0.273 e. The molecule has 0 aliphatic rings. The Bertz CT molecular complexity index is 707. The van der Waals surface area contributed by atoms with E-state index in [1.165, 1.54) is 0 Å². The summed E-state index contributed by atoms with van der Waals surface area (Å²) in [5.41, 5.74) is 1.37. The normalized spacial score (nSPS) is 12.7. The Labute approximate surface area is 130 Å². The van der Waals surface area contributed by atoms with Gasteiger partial charge in [-0.25, -0.2) is 13.1 Å². The number of nitrogens with zero attached hydrogens (tertiary/aromatic N) is 1. The second-order valence-electron chi connectivity index (χ2n) is 5.45. The van der Waals surface area contributed by atoms with Crippen molar-refractivity contribution >= 4 is 43.2 Å². The number of nitrogens with one attached hydrogen (secondary N) is 1. The van der Waals surface area contributed by atoms with E-state index in [2.05, 4.69) is 25.8 Å². The van der Waals surface area contributed by atoms with Crippen molar-refractivity contribution in [1.82, 2.24) is 5.16 Å². The lowest BCUT2D eigenvalue weighted by Crippen LogP contribution is -2.12. The van der Waals surface area contributed by atoms with E-state index in [-0.39, 0.29) is 15.5 Å². The molecule has 0 fully saturated rings. The van der Waals surface area contributed by atoms with Crippen molar-refractivity contribution in [3.8, 4) is 0 Å². The molecule has 5 nitrogen and oxygen atoms in total. The highest BCUT2D eigenvalue weighted by Crippen LogP contribution is 2.32. The molecular formula is C12H15BrN2O3S2. The van der Waals surface area contributed by atoms with E-state index in [1.54, 1.807) is 12.1 Å². The van der Waals surface area contributed by atoms with E-state index >= 15 is 0 Å². The molecule has 0 aromatic carbocycles. The summed E-state index contributed by atoms with van der Waals surface area (Å²) in [5.74, 6) is 0.122. The average molecular weight is 379 g/mol. The molecule has 20 heavy (non-hydrogen) atoms. The molecule has 0 amide bonds. The van der Waals surface area contributed by atoms with Crippen molar-refractivity contribution < 1.29 is 12.9 Å². The summed E-state index contributed by atoms with van der Waals surface area (Å²) in [5, 5.41) is 3.88. The Hall–Kier alpha value is -0.860. The molecule has 1 N–H and O–H groups in total. The topological polar surface area (TPSA) is 72.2 Å². The van der Waals surface area contributed by atoms with Crippen molar-refractivity contribution in [2.24, 2.45) is 0 Å². The molecule has 2 aromatic rings. The lowest BCUT2D eigenvalue weighted by molar-refractivity contribution is 0.405. The van der Waals surface area contributed by atoms with Crippen LogP contribution in [0.3, 0.4) is 0 Å². The quantitative estimate of drug-likeness (QED) is 0.878. The van der Waals surface area contributed by atoms with Gasteiger partial charge in [0.05, 0.1) is 9.48 Å². The van der Waals surface area contributed by atoms with Crippen LogP contribution >= 0.6 is 27.3 Å². The number of hydrogen-bond donors (Lipinski definition) is 1. The Morgan fingerprint density at radius 2 is 2.00 bits per heavy atom. The van der Waals surface area contributed by atoms with E-state index in [1.807, 2.05) is 27.7 Å². The smallest absolute Gasteiger partial charge is 0.273 e. The van der Waals surface area contributed by atoms with Gasteiger partial charge in [-0.2, -0.15) is 0 Å². The number of aromatic nitrogens is 1. The fourth-order valence-electron chi connectivity index (χ4n) is 1.42. The number of sulfonamides is 1. The van der Waals surface area contributed by atoms with Gasteiger partial charge in [-0.15, -0.1) is 11.3 Å². The second-order valence-corrected chi connectivity index (χ2v) is 9.73. The number of halogens is 1. The van der Waals surface area contributed by atoms with E-state index in [4.69, 9.17) is 4.52 Å². The van der Waals surface area contributed by atoms with Gasteiger partial charge in [0.25, 0.3) is 10.0 Å². The monoisotopic (exact) mass is 378 g/mol. The van der Waals surface area contributed by atoms with Crippen molar-refractivity contribution in [2.45, 2.75) is 37.3 Å². The van der Waals surface area contributed by atoms with Gasteiger partial charge < -0.3 is 4.52 Å². The molecule has 0 aliphatic carbocycles. The van der Waals surface area contributed by atoms with E-state index in [9.17, 15) is 8.42 Å². The third-order valence-corrected chi connectivity index (χ3v) is 6.57. The molecule has 110 valence electrons. The van der Waals surface area contributed by atoms with Crippen LogP contribution in [-0.2, 0) is 15.4 Å². The SMILES string of the molecule is Cc1cc(S(=O)(=O)Nc2cc(C(C)(C)C)no2)sc1Br. The lowest BCUT2D eigenvalue weighted by atomic mass is 9.92. The summed E-state index contributed by atoms with van der Waals surface area (Å²) in [4.78, 5) is 0. The largest absolute Gasteiger partial charge is 0.338 e. The number of thiophene rings is 1. The first kappa shape index (κ1) is 15.5. The minimum Gasteiger partial charge on any atom is -0.338 e. The molecule has 8 heteroatoms. The second kappa shape index (κ2) is 5.16. The molecule has 0 saturated carbocycles. The summed E-state index contributed by atoms with van der Waals surface area (Å²) in [6.07, 6.45) is 0. The zero-order valence-corrected chi connectivity index (χ0v) is 14.7. The summed E-state index contributed by atoms with van der Waals surface area (Å²) in [6, 6.07) is 3.21. The predicted octanol–water partition coefficient (Wildman–Crippen LogP) is 3.91. The third-order valence-electron chi connectivity index (χ3n) is 2.61. The van der Waals surface area contributed by atoms with Crippen LogP contribution < -0.4 is 4.72 Å². The zero-order chi connectivity index (χ0) is 15.1. The van der Waals surface area contributed by atoms with Crippen LogP contribution in [-0.4, -0.2) is 13.6 Å². The Morgan fingerprint density at radius 1 is 1.35 bits per heavy atom. The highest BCUT2D eigenvalue weighted by atomic mass is 79.9. The Kier molecular flexibility index (Phi) is 4.01. The van der Waals surface area contributed by atoms with Gasteiger partial charge >= 0.3 is 0 Å². The van der Waals surface area contributed by atoms with Gasteiger partial charge in [0, 0.05) is 11.5 Å². The molecule has 0 saturated heterocycles. The van der Waals surface area contributed by atoms with Gasteiger partial charge in [-0.3, -0.25) is 0 Å². The van der Waals surface area contributed by atoms with Crippen LogP contribution in [0.2, 0.25) is 0 Å². The van der Waals surface area contributed by atoms with Crippen molar-refractivity contribution in [2.75, 3.05) is 4.72 Å². The lowest BCUT2D eigenvalue weighted by Gasteiger charge is -2.12. The fourth-order valence-corrected chi connectivity index (χ4v) is 4.62. The predicted molar refractivity (Wildman–Crippen MR) is 82.8 cm³/mol. The standard InChI is InChI=1S/C12H15BrN2O3S2/c1-7-5-10(19-11(7)13)20(16,17)15-9-6-8(14-18-9)12(2,3)4/h5-6,15H,1-4H3. The van der Waals surface area contributed by atoms with Gasteiger partial charge in [0.2, 0.25) is 5.88 Å². The van der Waals surface area contributed by atoms with Crippen molar-refractivity contribution in [3.05, 3.63) is 27.2 Å². The number of anilines is 1. The van der Waals surface area contributed by atoms with Gasteiger partial charge in [0.15, 0.2) is 0 Å². The molecule has 2 rings (SSSR count). The fraction of sp³-hybridized carbons (Fsp3) is 0.417. The minimum atomic E-state index is -3.64. The molecule has 0 radical (unpaired) electrons. The number of aryl methyl sites for hydroxylation is 1. The third kappa shape index (κ3) is 3.24. The molecule has 2 heterocycles. The molecule has 0 aliphatic heterocycles. The first-order chi connectivity index (χ1) is 9.09. The number of hydrogen-bond acceptors (Lipinski definition) is 5. The maximum absolute atomic E-state index is 12.2. The van der Waals surface area contributed by atoms with E-state index in [0.717, 1.165) is 20.7 Å². The Morgan fingerprint density at radius 3 is 2.45 bits per heavy atom. The van der Waals surface area contributed by atoms with Crippen LogP contribution in [0.1, 0.15) is 32.0 Å². The molecular weight excluding hydrogens is 364 g/mol. The minimum absolute atomic E-state index is 0.122. The van der Waals surface area contributed by atoms with Crippen molar-refractivity contribution in [3.63, 3.8) is 0 Å². The molecule has 0 bridgehead atoms. The van der Waals surface area contributed by atoms with Gasteiger partial charge in [0.1, 0.15) is 4.21 Å². The molecule has 0 unspecified atom stereocenters. The summed E-state index contributed by atoms with van der Waals surface area (Å²) < 4.78 is 32.9. The summed E-state index contributed by atoms with van der Waals surface area (Å²) in [7, 11) is -3.64. The first-order valence-corrected chi connectivity index (χ1v) is 8.95. The average Bonchev–Trinajstić information content (AvgIpc) is 2.86. The highest BCUT2D eigenvalue weighted by molar-refractivity contribution is 9.11. The van der Waals surface area contributed by atoms with Crippen LogP contribution in [0.15, 0.2) is 24.7 Å². The van der Waals surface area contributed by atoms with Gasteiger partial charge in [-0.05, 0) is 34.5 Å². The van der Waals surface area contributed by atoms with Crippen LogP contribution in [0, 0.1) is 6.92 Å². The molecule has 0 atom stereocenters. The highest BCUT2D eigenvalue weighted by Gasteiger charge is 2.23. The van der Waals surface area contributed by atoms with Crippen LogP contribution in [0.4, 0.5) is 5.88 Å². The zero-order valence-electron chi connectivity index (χ0n) is 11.5. The van der Waals surface area contributed by atoms with E-state index < -0.39 is 10.0 Å². The summed E-state index contributed by atoms with van der Waals surface area (Å²) >= 11 is 4.47. The van der Waals surface area contributed by atoms with Crippen molar-refractivity contribution in [1.29, 1.82) is 0 Å². The number of rotatable bonds is 3. The van der Waals surface area contributed by atoms with Crippen LogP contribution in [0.25, 0.3) is 0 Å². The van der Waals surface area contributed by atoms with Gasteiger partial charge in [-0.1, -0.05) is 25.9 Å². The molecule has 2 aromatic heterocycles. The molecule has 0 spiro atoms. The van der Waals surface area contributed by atoms with E-state index in [0.29, 0.717) is 5.69 Å². The van der Waals surface area contributed by atoms with Crippen LogP contribution in [0.5, 0.6) is 0 Å². The maximum atomic E-state index is 12.2. The first-order valence-electron chi connectivity index (χ1n) is 5.85.